The van der Waals surface area contributed by atoms with Gasteiger partial charge in [-0.3, -0.25) is 4.79 Å². The summed E-state index contributed by atoms with van der Waals surface area (Å²) in [6.45, 7) is 12.5. The average molecular weight is 537 g/mol. The number of carboxylic acids is 1. The average Bonchev–Trinajstić information content (AvgIpc) is 3.40. The Hall–Kier alpha value is -2.63. The van der Waals surface area contributed by atoms with Crippen LogP contribution in [0.5, 0.6) is 5.75 Å². The van der Waals surface area contributed by atoms with E-state index in [2.05, 4.69) is 32.2 Å². The molecule has 214 valence electrons. The van der Waals surface area contributed by atoms with Gasteiger partial charge in [0.05, 0.1) is 6.10 Å². The lowest BCUT2D eigenvalue weighted by molar-refractivity contribution is -0.142. The molecule has 1 unspecified atom stereocenters. The second-order valence-electron chi connectivity index (χ2n) is 13.7. The highest BCUT2D eigenvalue weighted by atomic mass is 16.5. The SMILES string of the molecule is CCC(C)(C)C1CCC(Oc2ccc3cc(C(=O)NC(C(=O)O)C(C)(C)C)nc(CC4CCCC4)c3c2)CC1. The summed E-state index contributed by atoms with van der Waals surface area (Å²) in [6, 6.07) is 6.90. The highest BCUT2D eigenvalue weighted by Gasteiger charge is 2.34. The number of fused-ring (bicyclic) bond motifs is 1. The third-order valence-corrected chi connectivity index (χ3v) is 9.45. The van der Waals surface area contributed by atoms with Crippen molar-refractivity contribution in [2.75, 3.05) is 0 Å². The predicted molar refractivity (Wildman–Crippen MR) is 156 cm³/mol. The number of aliphatic carboxylic acids is 1. The quantitative estimate of drug-likeness (QED) is 0.345. The summed E-state index contributed by atoms with van der Waals surface area (Å²) in [5.74, 6) is 0.689. The van der Waals surface area contributed by atoms with Crippen LogP contribution in [0.4, 0.5) is 0 Å². The van der Waals surface area contributed by atoms with E-state index in [4.69, 9.17) is 9.72 Å². The summed E-state index contributed by atoms with van der Waals surface area (Å²) in [7, 11) is 0. The number of hydrogen-bond acceptors (Lipinski definition) is 4. The van der Waals surface area contributed by atoms with Crippen molar-refractivity contribution in [1.82, 2.24) is 10.3 Å². The lowest BCUT2D eigenvalue weighted by Crippen LogP contribution is -2.49. The molecule has 39 heavy (non-hydrogen) atoms. The highest BCUT2D eigenvalue weighted by molar-refractivity contribution is 5.99. The molecular formula is C33H48N2O4. The molecule has 2 saturated carbocycles. The molecule has 6 nitrogen and oxygen atoms in total. The van der Waals surface area contributed by atoms with Crippen LogP contribution in [0, 0.1) is 22.7 Å². The van der Waals surface area contributed by atoms with Gasteiger partial charge < -0.3 is 15.2 Å². The van der Waals surface area contributed by atoms with Crippen LogP contribution in [-0.2, 0) is 11.2 Å². The summed E-state index contributed by atoms with van der Waals surface area (Å²) in [6.07, 6.45) is 11.7. The lowest BCUT2D eigenvalue weighted by Gasteiger charge is -2.38. The lowest BCUT2D eigenvalue weighted by atomic mass is 9.69. The summed E-state index contributed by atoms with van der Waals surface area (Å²) in [5, 5.41) is 14.4. The van der Waals surface area contributed by atoms with E-state index in [1.807, 2.05) is 32.9 Å². The Morgan fingerprint density at radius 3 is 2.28 bits per heavy atom. The number of pyridine rings is 1. The topological polar surface area (TPSA) is 88.5 Å². The number of aromatic nitrogens is 1. The molecule has 0 radical (unpaired) electrons. The molecule has 2 fully saturated rings. The standard InChI is InChI=1S/C33H48N2O4/c1-7-33(5,6)23-13-16-24(17-14-23)39-25-15-12-22-19-28(30(36)35-29(31(37)38)32(2,3)4)34-27(26(22)20-25)18-21-10-8-9-11-21/h12,15,19-21,23-24,29H,7-11,13-14,16-18H2,1-6H3,(H,35,36)(H,37,38). The molecule has 2 aliphatic rings. The van der Waals surface area contributed by atoms with E-state index in [0.717, 1.165) is 47.4 Å². The molecule has 0 bridgehead atoms. The number of hydrogen-bond donors (Lipinski definition) is 2. The van der Waals surface area contributed by atoms with Crippen molar-refractivity contribution in [3.8, 4) is 5.75 Å². The Balaban J connectivity index is 1.57. The zero-order valence-electron chi connectivity index (χ0n) is 24.8. The molecule has 1 aromatic heterocycles. The second-order valence-corrected chi connectivity index (χ2v) is 13.7. The van der Waals surface area contributed by atoms with Crippen LogP contribution in [0.15, 0.2) is 24.3 Å². The first-order valence-electron chi connectivity index (χ1n) is 15.0. The van der Waals surface area contributed by atoms with E-state index in [0.29, 0.717) is 11.3 Å². The number of amides is 1. The van der Waals surface area contributed by atoms with Crippen molar-refractivity contribution in [2.24, 2.45) is 22.7 Å². The fraction of sp³-hybridized carbons (Fsp3) is 0.667. The molecule has 0 spiro atoms. The fourth-order valence-electron chi connectivity index (χ4n) is 6.43. The smallest absolute Gasteiger partial charge is 0.326 e. The Morgan fingerprint density at radius 2 is 1.69 bits per heavy atom. The molecule has 2 N–H and O–H groups in total. The van der Waals surface area contributed by atoms with Crippen LogP contribution >= 0.6 is 0 Å². The number of nitrogens with zero attached hydrogens (tertiary/aromatic N) is 1. The van der Waals surface area contributed by atoms with Gasteiger partial charge in [0, 0.05) is 11.1 Å². The molecule has 6 heteroatoms. The first-order valence-corrected chi connectivity index (χ1v) is 15.0. The van der Waals surface area contributed by atoms with Crippen molar-refractivity contribution in [3.05, 3.63) is 35.7 Å². The van der Waals surface area contributed by atoms with E-state index in [1.165, 1.54) is 44.9 Å². The zero-order valence-corrected chi connectivity index (χ0v) is 24.8. The van der Waals surface area contributed by atoms with E-state index < -0.39 is 23.3 Å². The molecule has 0 saturated heterocycles. The largest absolute Gasteiger partial charge is 0.490 e. The minimum absolute atomic E-state index is 0.230. The second kappa shape index (κ2) is 11.9. The van der Waals surface area contributed by atoms with Crippen molar-refractivity contribution in [1.29, 1.82) is 0 Å². The molecule has 1 atom stereocenters. The van der Waals surface area contributed by atoms with Crippen molar-refractivity contribution in [2.45, 2.75) is 118 Å². The monoisotopic (exact) mass is 536 g/mol. The van der Waals surface area contributed by atoms with Gasteiger partial charge in [-0.1, -0.05) is 79.7 Å². The van der Waals surface area contributed by atoms with Crippen LogP contribution < -0.4 is 10.1 Å². The molecule has 4 rings (SSSR count). The van der Waals surface area contributed by atoms with Gasteiger partial charge in [0.25, 0.3) is 5.91 Å². The van der Waals surface area contributed by atoms with E-state index in [-0.39, 0.29) is 11.8 Å². The van der Waals surface area contributed by atoms with Gasteiger partial charge in [-0.05, 0) is 78.4 Å². The Bertz CT molecular complexity index is 1170. The number of nitrogens with one attached hydrogen (secondary N) is 1. The molecule has 0 aliphatic heterocycles. The van der Waals surface area contributed by atoms with Crippen molar-refractivity contribution >= 4 is 22.6 Å². The first-order chi connectivity index (χ1) is 18.4. The number of ether oxygens (including phenoxy) is 1. The number of rotatable bonds is 9. The van der Waals surface area contributed by atoms with Crippen LogP contribution in [0.25, 0.3) is 10.8 Å². The molecule has 2 aromatic rings. The summed E-state index contributed by atoms with van der Waals surface area (Å²) in [5.41, 5.74) is 0.946. The van der Waals surface area contributed by atoms with Gasteiger partial charge in [0.2, 0.25) is 0 Å². The Labute approximate surface area is 234 Å². The van der Waals surface area contributed by atoms with Gasteiger partial charge in [-0.25, -0.2) is 9.78 Å². The molecular weight excluding hydrogens is 488 g/mol. The van der Waals surface area contributed by atoms with E-state index in [1.54, 1.807) is 6.07 Å². The number of benzene rings is 1. The third kappa shape index (κ3) is 7.12. The minimum atomic E-state index is -1.04. The van der Waals surface area contributed by atoms with Gasteiger partial charge in [-0.15, -0.1) is 0 Å². The Morgan fingerprint density at radius 1 is 1.03 bits per heavy atom. The first kappa shape index (κ1) is 29.4. The van der Waals surface area contributed by atoms with Crippen molar-refractivity contribution < 1.29 is 19.4 Å². The van der Waals surface area contributed by atoms with E-state index >= 15 is 0 Å². The van der Waals surface area contributed by atoms with E-state index in [9.17, 15) is 14.7 Å². The maximum absolute atomic E-state index is 13.2. The van der Waals surface area contributed by atoms with Crippen LogP contribution in [-0.4, -0.2) is 34.1 Å². The maximum atomic E-state index is 13.2. The Kier molecular flexibility index (Phi) is 8.92. The maximum Gasteiger partial charge on any atom is 0.326 e. The van der Waals surface area contributed by atoms with Crippen LogP contribution in [0.3, 0.4) is 0 Å². The van der Waals surface area contributed by atoms with Gasteiger partial charge >= 0.3 is 5.97 Å². The van der Waals surface area contributed by atoms with Crippen LogP contribution in [0.1, 0.15) is 116 Å². The number of carboxylic acid groups (broad SMARTS) is 1. The normalized spacial score (nSPS) is 21.6. The van der Waals surface area contributed by atoms with Crippen molar-refractivity contribution in [3.63, 3.8) is 0 Å². The predicted octanol–water partition coefficient (Wildman–Crippen LogP) is 7.57. The van der Waals surface area contributed by atoms with Gasteiger partial charge in [0.15, 0.2) is 0 Å². The minimum Gasteiger partial charge on any atom is -0.490 e. The molecule has 1 heterocycles. The highest BCUT2D eigenvalue weighted by Crippen LogP contribution is 2.41. The summed E-state index contributed by atoms with van der Waals surface area (Å²) < 4.78 is 6.50. The fourth-order valence-corrected chi connectivity index (χ4v) is 6.43. The molecule has 1 aromatic carbocycles. The summed E-state index contributed by atoms with van der Waals surface area (Å²) >= 11 is 0. The van der Waals surface area contributed by atoms with Crippen LogP contribution in [0.2, 0.25) is 0 Å². The number of carbonyl (C=O) groups is 2. The molecule has 2 aliphatic carbocycles. The zero-order chi connectivity index (χ0) is 28.4. The number of carbonyl (C=O) groups excluding carboxylic acids is 1. The molecule has 1 amide bonds. The van der Waals surface area contributed by atoms with Gasteiger partial charge in [0.1, 0.15) is 17.5 Å². The third-order valence-electron chi connectivity index (χ3n) is 9.45. The summed E-state index contributed by atoms with van der Waals surface area (Å²) in [4.78, 5) is 29.9. The van der Waals surface area contributed by atoms with Gasteiger partial charge in [-0.2, -0.15) is 0 Å².